The molecule has 0 spiro atoms. The van der Waals surface area contributed by atoms with Crippen LogP contribution in [0.1, 0.15) is 5.56 Å². The molecular formula is C35H21N5. The average molecular weight is 512 g/mol. The number of nitriles is 1. The van der Waals surface area contributed by atoms with Gasteiger partial charge in [-0.05, 0) is 54.6 Å². The summed E-state index contributed by atoms with van der Waals surface area (Å²) in [6.45, 7) is 0. The van der Waals surface area contributed by atoms with Crippen molar-refractivity contribution in [3.8, 4) is 29.0 Å². The van der Waals surface area contributed by atoms with Gasteiger partial charge >= 0.3 is 0 Å². The van der Waals surface area contributed by atoms with E-state index in [0.29, 0.717) is 11.5 Å². The number of hydrogen-bond acceptors (Lipinski definition) is 3. The SMILES string of the molecule is N#Cc1ccc(-c2ccnc(-n3c4ccccc4c4cc5c(cc43)c3ccccc3n5-c3ccccc3)n2)cc1. The molecule has 0 atom stereocenters. The number of fused-ring (bicyclic) bond motifs is 6. The monoisotopic (exact) mass is 511 g/mol. The Morgan fingerprint density at radius 3 is 1.82 bits per heavy atom. The van der Waals surface area contributed by atoms with Crippen molar-refractivity contribution in [3.05, 3.63) is 133 Å². The van der Waals surface area contributed by atoms with E-state index in [2.05, 4.69) is 106 Å². The first-order chi connectivity index (χ1) is 19.8. The van der Waals surface area contributed by atoms with Crippen molar-refractivity contribution in [2.24, 2.45) is 0 Å². The van der Waals surface area contributed by atoms with Gasteiger partial charge in [0.1, 0.15) is 0 Å². The summed E-state index contributed by atoms with van der Waals surface area (Å²) < 4.78 is 4.50. The molecule has 5 nitrogen and oxygen atoms in total. The smallest absolute Gasteiger partial charge is 0.235 e. The van der Waals surface area contributed by atoms with Crippen LogP contribution in [0.15, 0.2) is 128 Å². The highest BCUT2D eigenvalue weighted by atomic mass is 15.2. The van der Waals surface area contributed by atoms with Crippen LogP contribution in [0.3, 0.4) is 0 Å². The fourth-order valence-electron chi connectivity index (χ4n) is 5.83. The third kappa shape index (κ3) is 3.27. The van der Waals surface area contributed by atoms with Gasteiger partial charge in [0, 0.05) is 39.0 Å². The minimum absolute atomic E-state index is 0.610. The molecular weight excluding hydrogens is 490 g/mol. The van der Waals surface area contributed by atoms with E-state index in [4.69, 9.17) is 9.97 Å². The summed E-state index contributed by atoms with van der Waals surface area (Å²) in [6.07, 6.45) is 1.80. The van der Waals surface area contributed by atoms with Gasteiger partial charge in [-0.25, -0.2) is 9.97 Å². The first-order valence-corrected chi connectivity index (χ1v) is 13.2. The van der Waals surface area contributed by atoms with Crippen LogP contribution in [0.4, 0.5) is 0 Å². The Morgan fingerprint density at radius 1 is 0.550 bits per heavy atom. The number of nitrogens with zero attached hydrogens (tertiary/aromatic N) is 5. The molecule has 0 bridgehead atoms. The lowest BCUT2D eigenvalue weighted by atomic mass is 10.1. The highest BCUT2D eigenvalue weighted by Gasteiger charge is 2.19. The summed E-state index contributed by atoms with van der Waals surface area (Å²) >= 11 is 0. The van der Waals surface area contributed by atoms with Crippen molar-refractivity contribution in [3.63, 3.8) is 0 Å². The van der Waals surface area contributed by atoms with Gasteiger partial charge < -0.3 is 4.57 Å². The Labute approximate surface area is 229 Å². The minimum atomic E-state index is 0.610. The van der Waals surface area contributed by atoms with Crippen molar-refractivity contribution in [1.29, 1.82) is 5.26 Å². The number of hydrogen-bond donors (Lipinski definition) is 0. The van der Waals surface area contributed by atoms with Crippen molar-refractivity contribution in [1.82, 2.24) is 19.1 Å². The van der Waals surface area contributed by atoms with Gasteiger partial charge in [-0.15, -0.1) is 0 Å². The zero-order valence-electron chi connectivity index (χ0n) is 21.4. The second kappa shape index (κ2) is 8.65. The van der Waals surface area contributed by atoms with Gasteiger partial charge in [0.25, 0.3) is 0 Å². The topological polar surface area (TPSA) is 59.4 Å². The molecule has 0 aliphatic heterocycles. The van der Waals surface area contributed by atoms with Gasteiger partial charge in [0.2, 0.25) is 5.95 Å². The molecule has 0 fully saturated rings. The molecule has 40 heavy (non-hydrogen) atoms. The second-order valence-electron chi connectivity index (χ2n) is 9.86. The number of aromatic nitrogens is 4. The summed E-state index contributed by atoms with van der Waals surface area (Å²) in [7, 11) is 0. The molecule has 0 N–H and O–H groups in total. The molecule has 0 amide bonds. The predicted octanol–water partition coefficient (Wildman–Crippen LogP) is 8.21. The molecule has 3 heterocycles. The van der Waals surface area contributed by atoms with Gasteiger partial charge in [-0.1, -0.05) is 66.7 Å². The summed E-state index contributed by atoms with van der Waals surface area (Å²) in [5, 5.41) is 13.9. The van der Waals surface area contributed by atoms with Crippen molar-refractivity contribution < 1.29 is 0 Å². The summed E-state index contributed by atoms with van der Waals surface area (Å²) in [4.78, 5) is 9.73. The molecule has 8 rings (SSSR count). The maximum absolute atomic E-state index is 9.20. The van der Waals surface area contributed by atoms with Crippen molar-refractivity contribution in [2.75, 3.05) is 0 Å². The summed E-state index contributed by atoms with van der Waals surface area (Å²) in [5.41, 5.74) is 7.95. The highest BCUT2D eigenvalue weighted by Crippen LogP contribution is 2.39. The lowest BCUT2D eigenvalue weighted by Gasteiger charge is -2.09. The Bertz CT molecular complexity index is 2270. The normalized spacial score (nSPS) is 11.5. The second-order valence-corrected chi connectivity index (χ2v) is 9.86. The molecule has 8 aromatic rings. The standard InChI is InChI=1S/C35H21N5/c36-22-23-14-16-24(17-15-23)30-18-19-37-35(38-30)40-32-13-7-5-11-27(32)29-20-33-28(21-34(29)40)26-10-4-6-12-31(26)39(33)25-8-2-1-3-9-25/h1-21H. The van der Waals surface area contributed by atoms with Gasteiger partial charge in [0.15, 0.2) is 0 Å². The van der Waals surface area contributed by atoms with E-state index in [0.717, 1.165) is 44.3 Å². The molecule has 0 aliphatic rings. The van der Waals surface area contributed by atoms with Crippen LogP contribution in [0.25, 0.3) is 66.5 Å². The van der Waals surface area contributed by atoms with Crippen LogP contribution in [0.5, 0.6) is 0 Å². The first-order valence-electron chi connectivity index (χ1n) is 13.2. The Hall–Kier alpha value is -5.73. The largest absolute Gasteiger partial charge is 0.309 e. The average Bonchev–Trinajstić information content (AvgIpc) is 3.52. The number of benzene rings is 5. The molecule has 5 heteroatoms. The van der Waals surface area contributed by atoms with Crippen LogP contribution in [0.2, 0.25) is 0 Å². The molecule has 5 aromatic carbocycles. The molecule has 0 unspecified atom stereocenters. The third-order valence-corrected chi connectivity index (χ3v) is 7.63. The minimum Gasteiger partial charge on any atom is -0.309 e. The quantitative estimate of drug-likeness (QED) is 0.240. The van der Waals surface area contributed by atoms with Crippen LogP contribution >= 0.6 is 0 Å². The zero-order valence-corrected chi connectivity index (χ0v) is 21.4. The number of rotatable bonds is 3. The van der Waals surface area contributed by atoms with E-state index in [1.165, 1.54) is 16.3 Å². The zero-order chi connectivity index (χ0) is 26.6. The molecule has 0 saturated carbocycles. The first kappa shape index (κ1) is 22.3. The fourth-order valence-corrected chi connectivity index (χ4v) is 5.83. The molecule has 0 saturated heterocycles. The van der Waals surface area contributed by atoms with Crippen LogP contribution in [-0.4, -0.2) is 19.1 Å². The Kier molecular flexibility index (Phi) is 4.82. The molecule has 3 aromatic heterocycles. The maximum Gasteiger partial charge on any atom is 0.235 e. The number of para-hydroxylation sites is 3. The maximum atomic E-state index is 9.20. The predicted molar refractivity (Wildman–Crippen MR) is 161 cm³/mol. The summed E-state index contributed by atoms with van der Waals surface area (Å²) in [6, 6.07) is 43.7. The van der Waals surface area contributed by atoms with Crippen LogP contribution < -0.4 is 0 Å². The molecule has 186 valence electrons. The highest BCUT2D eigenvalue weighted by molar-refractivity contribution is 6.18. The summed E-state index contributed by atoms with van der Waals surface area (Å²) in [5.74, 6) is 0.610. The van der Waals surface area contributed by atoms with Crippen LogP contribution in [0, 0.1) is 11.3 Å². The van der Waals surface area contributed by atoms with E-state index in [-0.39, 0.29) is 0 Å². The van der Waals surface area contributed by atoms with Crippen LogP contribution in [-0.2, 0) is 0 Å². The van der Waals surface area contributed by atoms with Crippen molar-refractivity contribution in [2.45, 2.75) is 0 Å². The van der Waals surface area contributed by atoms with Gasteiger partial charge in [0.05, 0.1) is 39.4 Å². The lowest BCUT2D eigenvalue weighted by Crippen LogP contribution is -2.01. The van der Waals surface area contributed by atoms with E-state index in [1.807, 2.05) is 30.3 Å². The van der Waals surface area contributed by atoms with E-state index < -0.39 is 0 Å². The molecule has 0 aliphatic carbocycles. The van der Waals surface area contributed by atoms with Gasteiger partial charge in [-0.2, -0.15) is 5.26 Å². The fraction of sp³-hybridized carbons (Fsp3) is 0. The van der Waals surface area contributed by atoms with Gasteiger partial charge in [-0.3, -0.25) is 4.57 Å². The van der Waals surface area contributed by atoms with E-state index >= 15 is 0 Å². The van der Waals surface area contributed by atoms with E-state index in [9.17, 15) is 5.26 Å². The lowest BCUT2D eigenvalue weighted by molar-refractivity contribution is 0.992. The Morgan fingerprint density at radius 2 is 1.15 bits per heavy atom. The van der Waals surface area contributed by atoms with Crippen molar-refractivity contribution >= 4 is 43.6 Å². The third-order valence-electron chi connectivity index (χ3n) is 7.63. The molecule has 0 radical (unpaired) electrons. The Balaban J connectivity index is 1.44. The van der Waals surface area contributed by atoms with E-state index in [1.54, 1.807) is 6.20 Å².